The van der Waals surface area contributed by atoms with Crippen molar-refractivity contribution in [2.24, 2.45) is 0 Å². The number of H-pyrrole nitrogens is 1. The first-order chi connectivity index (χ1) is 13.9. The summed E-state index contributed by atoms with van der Waals surface area (Å²) in [5, 5.41) is 9.97. The molecule has 0 aliphatic carbocycles. The third-order valence-corrected chi connectivity index (χ3v) is 5.49. The smallest absolute Gasteiger partial charge is 0.343 e. The van der Waals surface area contributed by atoms with Gasteiger partial charge in [0.15, 0.2) is 0 Å². The number of benzene rings is 2. The summed E-state index contributed by atoms with van der Waals surface area (Å²) in [5.74, 6) is -2.13. The molecule has 0 bridgehead atoms. The molecular weight excluding hydrogens is 378 g/mol. The Balaban J connectivity index is 1.58. The lowest BCUT2D eigenvalue weighted by molar-refractivity contribution is -0.150. The monoisotopic (exact) mass is 398 g/mol. The first kappa shape index (κ1) is 19.1. The summed E-state index contributed by atoms with van der Waals surface area (Å²) in [7, 11) is 0. The number of carboxylic acids is 1. The summed E-state index contributed by atoms with van der Waals surface area (Å²) in [4.78, 5) is 28.3. The van der Waals surface area contributed by atoms with Crippen LogP contribution in [0.25, 0.3) is 22.2 Å². The molecule has 150 valence electrons. The lowest BCUT2D eigenvalue weighted by Crippen LogP contribution is -2.38. The van der Waals surface area contributed by atoms with Crippen molar-refractivity contribution in [2.45, 2.75) is 24.9 Å². The summed E-state index contributed by atoms with van der Waals surface area (Å²) in [6, 6.07) is 13.8. The molecule has 1 saturated heterocycles. The number of rotatable bonds is 5. The van der Waals surface area contributed by atoms with Crippen LogP contribution in [0.1, 0.15) is 18.4 Å². The lowest BCUT2D eigenvalue weighted by Gasteiger charge is -2.18. The fourth-order valence-corrected chi connectivity index (χ4v) is 3.87. The predicted octanol–water partition coefficient (Wildman–Crippen LogP) is 3.93. The van der Waals surface area contributed by atoms with Crippen LogP contribution in [-0.2, 0) is 16.0 Å². The van der Waals surface area contributed by atoms with Gasteiger partial charge in [-0.2, -0.15) is 0 Å². The van der Waals surface area contributed by atoms with Gasteiger partial charge in [-0.25, -0.2) is 13.6 Å². The molecule has 2 aromatic carbocycles. The van der Waals surface area contributed by atoms with Crippen LogP contribution in [0.5, 0.6) is 0 Å². The molecule has 0 saturated carbocycles. The standard InChI is InChI=1S/C22H20F2N2O3/c23-15-7-5-14(6-8-15)20-17(16-3-1-2-4-18(16)25-20)9-10-19(27)26-12-11-22(24,13-26)21(28)29/h1-8,25H,9-13H2,(H,28,29). The van der Waals surface area contributed by atoms with Crippen molar-refractivity contribution in [3.63, 3.8) is 0 Å². The molecule has 2 N–H and O–H groups in total. The summed E-state index contributed by atoms with van der Waals surface area (Å²) >= 11 is 0. The SMILES string of the molecule is O=C(CCc1c(-c2ccc(F)cc2)[nH]c2ccccc12)N1CCC(F)(C(=O)O)C1. The fourth-order valence-electron chi connectivity index (χ4n) is 3.87. The molecule has 1 fully saturated rings. The van der Waals surface area contributed by atoms with E-state index in [1.54, 1.807) is 12.1 Å². The van der Waals surface area contributed by atoms with Gasteiger partial charge in [0.05, 0.1) is 6.54 Å². The maximum absolute atomic E-state index is 14.3. The van der Waals surface area contributed by atoms with Crippen molar-refractivity contribution in [2.75, 3.05) is 13.1 Å². The molecule has 0 spiro atoms. The van der Waals surface area contributed by atoms with Crippen LogP contribution < -0.4 is 0 Å². The average molecular weight is 398 g/mol. The zero-order chi connectivity index (χ0) is 20.6. The molecule has 29 heavy (non-hydrogen) atoms. The second-order valence-electron chi connectivity index (χ2n) is 7.37. The van der Waals surface area contributed by atoms with Crippen molar-refractivity contribution in [3.05, 3.63) is 59.9 Å². The van der Waals surface area contributed by atoms with Crippen molar-refractivity contribution in [3.8, 4) is 11.3 Å². The molecule has 4 rings (SSSR count). The van der Waals surface area contributed by atoms with Gasteiger partial charge in [-0.1, -0.05) is 18.2 Å². The van der Waals surface area contributed by atoms with Crippen molar-refractivity contribution >= 4 is 22.8 Å². The van der Waals surface area contributed by atoms with Crippen molar-refractivity contribution in [1.82, 2.24) is 9.88 Å². The van der Waals surface area contributed by atoms with Gasteiger partial charge in [0.25, 0.3) is 0 Å². The number of carbonyl (C=O) groups is 2. The molecule has 3 aromatic rings. The van der Waals surface area contributed by atoms with Crippen LogP contribution in [0.4, 0.5) is 8.78 Å². The molecule has 1 atom stereocenters. The number of carboxylic acid groups (broad SMARTS) is 1. The summed E-state index contributed by atoms with van der Waals surface area (Å²) in [6.45, 7) is -0.319. The number of carbonyl (C=O) groups excluding carboxylic acids is 1. The number of fused-ring (bicyclic) bond motifs is 1. The van der Waals surface area contributed by atoms with Crippen LogP contribution >= 0.6 is 0 Å². The third-order valence-electron chi connectivity index (χ3n) is 5.49. The highest BCUT2D eigenvalue weighted by Gasteiger charge is 2.46. The van der Waals surface area contributed by atoms with E-state index in [1.165, 1.54) is 17.0 Å². The second kappa shape index (κ2) is 7.31. The number of aromatic amines is 1. The lowest BCUT2D eigenvalue weighted by atomic mass is 10.0. The number of halogens is 2. The zero-order valence-corrected chi connectivity index (χ0v) is 15.6. The van der Waals surface area contributed by atoms with Crippen LogP contribution in [0.2, 0.25) is 0 Å². The van der Waals surface area contributed by atoms with E-state index >= 15 is 0 Å². The minimum atomic E-state index is -2.37. The molecule has 1 aromatic heterocycles. The van der Waals surface area contributed by atoms with Gasteiger partial charge in [0.2, 0.25) is 11.6 Å². The number of aromatic nitrogens is 1. The van der Waals surface area contributed by atoms with Gasteiger partial charge in [0, 0.05) is 36.0 Å². The number of hydrogen-bond acceptors (Lipinski definition) is 2. The third kappa shape index (κ3) is 3.60. The van der Waals surface area contributed by atoms with E-state index in [0.717, 1.165) is 27.7 Å². The van der Waals surface area contributed by atoms with E-state index in [1.807, 2.05) is 24.3 Å². The molecule has 1 amide bonds. The number of nitrogens with zero attached hydrogens (tertiary/aromatic N) is 1. The van der Waals surface area contributed by atoms with E-state index in [2.05, 4.69) is 4.98 Å². The van der Waals surface area contributed by atoms with E-state index in [9.17, 15) is 18.4 Å². The van der Waals surface area contributed by atoms with Gasteiger partial charge in [-0.15, -0.1) is 0 Å². The van der Waals surface area contributed by atoms with Crippen molar-refractivity contribution in [1.29, 1.82) is 0 Å². The van der Waals surface area contributed by atoms with Gasteiger partial charge < -0.3 is 15.0 Å². The number of aryl methyl sites for hydroxylation is 1. The summed E-state index contributed by atoms with van der Waals surface area (Å²) in [6.07, 6.45) is 0.339. The minimum Gasteiger partial charge on any atom is -0.479 e. The van der Waals surface area contributed by atoms with Gasteiger partial charge in [0.1, 0.15) is 5.82 Å². The predicted molar refractivity (Wildman–Crippen MR) is 105 cm³/mol. The maximum Gasteiger partial charge on any atom is 0.343 e. The number of hydrogen-bond donors (Lipinski definition) is 2. The number of likely N-dealkylation sites (tertiary alicyclic amines) is 1. The van der Waals surface area contributed by atoms with E-state index in [0.29, 0.717) is 6.42 Å². The first-order valence-corrected chi connectivity index (χ1v) is 9.43. The Labute approximate surface area is 166 Å². The summed E-state index contributed by atoms with van der Waals surface area (Å²) < 4.78 is 27.6. The van der Waals surface area contributed by atoms with E-state index in [-0.39, 0.29) is 31.1 Å². The van der Waals surface area contributed by atoms with Gasteiger partial charge in [-0.3, -0.25) is 4.79 Å². The molecule has 5 nitrogen and oxygen atoms in total. The van der Waals surface area contributed by atoms with Crippen LogP contribution in [0.3, 0.4) is 0 Å². The first-order valence-electron chi connectivity index (χ1n) is 9.43. The van der Waals surface area contributed by atoms with Crippen LogP contribution in [0, 0.1) is 5.82 Å². The molecule has 0 radical (unpaired) electrons. The Morgan fingerprint density at radius 1 is 1.14 bits per heavy atom. The summed E-state index contributed by atoms with van der Waals surface area (Å²) in [5.41, 5.74) is 1.08. The quantitative estimate of drug-likeness (QED) is 0.684. The van der Waals surface area contributed by atoms with Gasteiger partial charge >= 0.3 is 5.97 Å². The van der Waals surface area contributed by atoms with Crippen molar-refractivity contribution < 1.29 is 23.5 Å². The highest BCUT2D eigenvalue weighted by molar-refractivity contribution is 5.91. The molecule has 7 heteroatoms. The highest BCUT2D eigenvalue weighted by atomic mass is 19.1. The van der Waals surface area contributed by atoms with Gasteiger partial charge in [-0.05, 0) is 47.9 Å². The Hall–Kier alpha value is -3.22. The fraction of sp³-hybridized carbons (Fsp3) is 0.273. The Morgan fingerprint density at radius 2 is 1.86 bits per heavy atom. The Bertz CT molecular complexity index is 1080. The van der Waals surface area contributed by atoms with Crippen LogP contribution in [0.15, 0.2) is 48.5 Å². The molecular formula is C22H20F2N2O3. The molecule has 1 unspecified atom stereocenters. The number of para-hydroxylation sites is 1. The number of nitrogens with one attached hydrogen (secondary N) is 1. The highest BCUT2D eigenvalue weighted by Crippen LogP contribution is 2.32. The topological polar surface area (TPSA) is 73.4 Å². The maximum atomic E-state index is 14.3. The molecule has 1 aliphatic heterocycles. The Kier molecular flexibility index (Phi) is 4.82. The molecule has 1 aliphatic rings. The normalized spacial score (nSPS) is 19.0. The largest absolute Gasteiger partial charge is 0.479 e. The number of alkyl halides is 1. The number of aliphatic carboxylic acids is 1. The average Bonchev–Trinajstić information content (AvgIpc) is 3.29. The Morgan fingerprint density at radius 3 is 2.55 bits per heavy atom. The van der Waals surface area contributed by atoms with E-state index in [4.69, 9.17) is 5.11 Å². The number of amides is 1. The molecule has 2 heterocycles. The van der Waals surface area contributed by atoms with E-state index < -0.39 is 18.2 Å². The second-order valence-corrected chi connectivity index (χ2v) is 7.37. The minimum absolute atomic E-state index is 0.0976. The van der Waals surface area contributed by atoms with Crippen LogP contribution in [-0.4, -0.2) is 45.6 Å². The zero-order valence-electron chi connectivity index (χ0n) is 15.6.